The van der Waals surface area contributed by atoms with Crippen LogP contribution in [0.4, 0.5) is 0 Å². The van der Waals surface area contributed by atoms with Crippen LogP contribution in [0.1, 0.15) is 29.2 Å². The number of rotatable bonds is 2. The maximum absolute atomic E-state index is 12.7. The van der Waals surface area contributed by atoms with Gasteiger partial charge in [-0.2, -0.15) is 0 Å². The van der Waals surface area contributed by atoms with Crippen LogP contribution in [0.25, 0.3) is 0 Å². The van der Waals surface area contributed by atoms with Crippen molar-refractivity contribution in [2.45, 2.75) is 25.3 Å². The fraction of sp³-hybridized carbons (Fsp3) is 0.360. The Labute approximate surface area is 186 Å². The van der Waals surface area contributed by atoms with Crippen molar-refractivity contribution >= 4 is 5.91 Å². The number of fused-ring (bicyclic) bond motifs is 5. The quantitative estimate of drug-likeness (QED) is 0.653. The molecule has 7 rings (SSSR count). The van der Waals surface area contributed by atoms with E-state index in [0.717, 1.165) is 53.7 Å². The van der Waals surface area contributed by atoms with E-state index in [2.05, 4.69) is 26.3 Å². The third kappa shape index (κ3) is 3.42. The van der Waals surface area contributed by atoms with Crippen molar-refractivity contribution in [2.24, 2.45) is 5.41 Å². The van der Waals surface area contributed by atoms with Crippen LogP contribution in [0.2, 0.25) is 0 Å². The molecule has 4 aliphatic rings. The zero-order valence-electron chi connectivity index (χ0n) is 17.8. The van der Waals surface area contributed by atoms with Crippen LogP contribution in [0.5, 0.6) is 17.2 Å². The molecular weight excluding hydrogens is 404 g/mol. The number of ether oxygens (including phenoxy) is 2. The van der Waals surface area contributed by atoms with E-state index in [1.54, 1.807) is 6.33 Å². The van der Waals surface area contributed by atoms with Gasteiger partial charge in [-0.1, -0.05) is 24.3 Å². The fourth-order valence-electron chi connectivity index (χ4n) is 5.38. The number of aryl methyl sites for hydroxylation is 1. The summed E-state index contributed by atoms with van der Waals surface area (Å²) in [6.45, 7) is 3.68. The number of para-hydroxylation sites is 1. The summed E-state index contributed by atoms with van der Waals surface area (Å²) in [6.07, 6.45) is 4.73. The number of benzene rings is 2. The predicted octanol–water partition coefficient (Wildman–Crippen LogP) is 3.24. The Balaban J connectivity index is 1.40. The van der Waals surface area contributed by atoms with Gasteiger partial charge in [0.15, 0.2) is 11.5 Å². The molecule has 4 aliphatic heterocycles. The number of nitrogens with zero attached hydrogens (tertiary/aromatic N) is 2. The molecule has 3 aromatic rings. The van der Waals surface area contributed by atoms with Gasteiger partial charge in [0.2, 0.25) is 5.91 Å². The third-order valence-electron chi connectivity index (χ3n) is 6.96. The molecule has 0 saturated carbocycles. The van der Waals surface area contributed by atoms with Crippen molar-refractivity contribution < 1.29 is 14.3 Å². The van der Waals surface area contributed by atoms with E-state index in [0.29, 0.717) is 26.0 Å². The number of imidazole rings is 1. The van der Waals surface area contributed by atoms with Crippen molar-refractivity contribution in [3.63, 3.8) is 0 Å². The maximum Gasteiger partial charge on any atom is 0.220 e. The van der Waals surface area contributed by atoms with Gasteiger partial charge in [-0.3, -0.25) is 9.69 Å². The Hall–Kier alpha value is -3.32. The molecule has 1 aromatic heterocycles. The molecule has 0 radical (unpaired) electrons. The second-order valence-corrected chi connectivity index (χ2v) is 9.15. The molecule has 6 bridgehead atoms. The fourth-order valence-corrected chi connectivity index (χ4v) is 5.38. The van der Waals surface area contributed by atoms with Crippen LogP contribution < -0.4 is 14.8 Å². The standard InChI is InChI=1S/C25H26N4O3/c30-23-8-7-17-3-1-4-19(9-17)32-22-6-2-5-20-21-12-29(11-18-10-26-16-28-18)14-25(21,13-27-23)15-31-24(20)22/h1-6,9-10,16,21H,7-8,11-15H2,(H,26,28)(H,27,30)/t21-,25+/m1/s1. The maximum atomic E-state index is 12.7. The SMILES string of the molecule is O=C1CCc2cccc(c2)Oc2cccc3c2OC[C@]2(CN1)CN(Cc1cnc[nH]1)C[C@H]32. The number of carbonyl (C=O) groups is 1. The summed E-state index contributed by atoms with van der Waals surface area (Å²) in [4.78, 5) is 22.5. The molecule has 7 nitrogen and oxygen atoms in total. The molecule has 7 heteroatoms. The van der Waals surface area contributed by atoms with Crippen LogP contribution in [0.3, 0.4) is 0 Å². The predicted molar refractivity (Wildman–Crippen MR) is 119 cm³/mol. The van der Waals surface area contributed by atoms with Gasteiger partial charge >= 0.3 is 0 Å². The van der Waals surface area contributed by atoms with E-state index in [4.69, 9.17) is 9.47 Å². The molecule has 0 aliphatic carbocycles. The number of aromatic nitrogens is 2. The number of nitrogens with one attached hydrogen (secondary N) is 2. The lowest BCUT2D eigenvalue weighted by molar-refractivity contribution is -0.121. The van der Waals surface area contributed by atoms with Crippen molar-refractivity contribution in [1.29, 1.82) is 0 Å². The molecule has 32 heavy (non-hydrogen) atoms. The van der Waals surface area contributed by atoms with Gasteiger partial charge < -0.3 is 19.8 Å². The number of H-pyrrole nitrogens is 1. The van der Waals surface area contributed by atoms with Crippen LogP contribution >= 0.6 is 0 Å². The molecule has 2 aromatic carbocycles. The molecule has 1 amide bonds. The number of carbonyl (C=O) groups excluding carboxylic acids is 1. The largest absolute Gasteiger partial charge is 0.489 e. The van der Waals surface area contributed by atoms with Gasteiger partial charge in [-0.25, -0.2) is 4.98 Å². The molecular formula is C25H26N4O3. The molecule has 164 valence electrons. The molecule has 0 unspecified atom stereocenters. The van der Waals surface area contributed by atoms with Gasteiger partial charge in [-0.05, 0) is 30.2 Å². The number of hydrogen-bond donors (Lipinski definition) is 2. The Bertz CT molecular complexity index is 1150. The smallest absolute Gasteiger partial charge is 0.220 e. The van der Waals surface area contributed by atoms with Gasteiger partial charge in [-0.15, -0.1) is 0 Å². The van der Waals surface area contributed by atoms with E-state index in [1.807, 2.05) is 42.6 Å². The highest BCUT2D eigenvalue weighted by atomic mass is 16.5. The molecule has 2 N–H and O–H groups in total. The minimum absolute atomic E-state index is 0.0769. The topological polar surface area (TPSA) is 79.5 Å². The first kappa shape index (κ1) is 19.4. The summed E-state index contributed by atoms with van der Waals surface area (Å²) in [5.74, 6) is 2.66. The minimum Gasteiger partial charge on any atom is -0.489 e. The van der Waals surface area contributed by atoms with Gasteiger partial charge in [0.1, 0.15) is 5.75 Å². The van der Waals surface area contributed by atoms with E-state index in [-0.39, 0.29) is 17.2 Å². The van der Waals surface area contributed by atoms with E-state index in [1.165, 1.54) is 0 Å². The minimum atomic E-state index is -0.181. The van der Waals surface area contributed by atoms with Crippen molar-refractivity contribution in [3.05, 3.63) is 71.8 Å². The number of likely N-dealkylation sites (tertiary alicyclic amines) is 1. The Kier molecular flexibility index (Phi) is 4.64. The first-order valence-electron chi connectivity index (χ1n) is 11.2. The number of amides is 1. The van der Waals surface area contributed by atoms with Gasteiger partial charge in [0, 0.05) is 61.4 Å². The van der Waals surface area contributed by atoms with E-state index < -0.39 is 0 Å². The number of aromatic amines is 1. The zero-order chi connectivity index (χ0) is 21.5. The van der Waals surface area contributed by atoms with Crippen molar-refractivity contribution in [1.82, 2.24) is 20.2 Å². The second kappa shape index (κ2) is 7.67. The summed E-state index contributed by atoms with van der Waals surface area (Å²) in [7, 11) is 0. The summed E-state index contributed by atoms with van der Waals surface area (Å²) in [5, 5.41) is 3.23. The summed E-state index contributed by atoms with van der Waals surface area (Å²) in [5.41, 5.74) is 3.15. The summed E-state index contributed by atoms with van der Waals surface area (Å²) >= 11 is 0. The highest BCUT2D eigenvalue weighted by Gasteiger charge is 2.51. The monoisotopic (exact) mass is 430 g/mol. The average molecular weight is 431 g/mol. The molecule has 2 atom stereocenters. The van der Waals surface area contributed by atoms with Crippen molar-refractivity contribution in [3.8, 4) is 17.2 Å². The summed E-state index contributed by atoms with van der Waals surface area (Å²) in [6, 6.07) is 14.1. The lowest BCUT2D eigenvalue weighted by Crippen LogP contribution is -2.48. The van der Waals surface area contributed by atoms with Gasteiger partial charge in [0.25, 0.3) is 0 Å². The molecule has 1 fully saturated rings. The highest BCUT2D eigenvalue weighted by molar-refractivity contribution is 5.76. The third-order valence-corrected chi connectivity index (χ3v) is 6.96. The Morgan fingerprint density at radius 2 is 2.12 bits per heavy atom. The van der Waals surface area contributed by atoms with Gasteiger partial charge in [0.05, 0.1) is 12.9 Å². The Morgan fingerprint density at radius 1 is 1.19 bits per heavy atom. The molecule has 1 saturated heterocycles. The molecule has 5 heterocycles. The lowest BCUT2D eigenvalue weighted by Gasteiger charge is -2.40. The second-order valence-electron chi connectivity index (χ2n) is 9.15. The highest BCUT2D eigenvalue weighted by Crippen LogP contribution is 2.52. The van der Waals surface area contributed by atoms with Crippen LogP contribution in [-0.2, 0) is 17.8 Å². The van der Waals surface area contributed by atoms with E-state index in [9.17, 15) is 4.79 Å². The van der Waals surface area contributed by atoms with Crippen molar-refractivity contribution in [2.75, 3.05) is 26.2 Å². The molecule has 1 spiro atoms. The Morgan fingerprint density at radius 3 is 3.03 bits per heavy atom. The lowest BCUT2D eigenvalue weighted by atomic mass is 9.73. The zero-order valence-corrected chi connectivity index (χ0v) is 17.8. The average Bonchev–Trinajstić information content (AvgIpc) is 3.44. The van der Waals surface area contributed by atoms with Crippen LogP contribution in [0, 0.1) is 5.41 Å². The summed E-state index contributed by atoms with van der Waals surface area (Å²) < 4.78 is 12.7. The van der Waals surface area contributed by atoms with E-state index >= 15 is 0 Å². The first-order chi connectivity index (χ1) is 15.7. The first-order valence-corrected chi connectivity index (χ1v) is 11.2. The van der Waals surface area contributed by atoms with Crippen LogP contribution in [0.15, 0.2) is 55.0 Å². The normalized spacial score (nSPS) is 24.8. The number of hydrogen-bond acceptors (Lipinski definition) is 5. The van der Waals surface area contributed by atoms with Crippen LogP contribution in [-0.4, -0.2) is 47.0 Å².